The highest BCUT2D eigenvalue weighted by Gasteiger charge is 2.32. The minimum absolute atomic E-state index is 0.129. The summed E-state index contributed by atoms with van der Waals surface area (Å²) >= 11 is 0. The lowest BCUT2D eigenvalue weighted by atomic mass is 9.76. The summed E-state index contributed by atoms with van der Waals surface area (Å²) in [6, 6.07) is 1.47. The Morgan fingerprint density at radius 2 is 2.00 bits per heavy atom. The van der Waals surface area contributed by atoms with Gasteiger partial charge in [0.1, 0.15) is 0 Å². The van der Waals surface area contributed by atoms with E-state index in [1.165, 1.54) is 22.0 Å². The number of carbonyl (C=O) groups is 1. The maximum absolute atomic E-state index is 13.1. The van der Waals surface area contributed by atoms with E-state index in [4.69, 9.17) is 4.74 Å². The number of urea groups is 1. The van der Waals surface area contributed by atoms with Crippen molar-refractivity contribution in [2.75, 3.05) is 22.8 Å². The number of amides is 2. The second-order valence-corrected chi connectivity index (χ2v) is 9.72. The molecule has 9 nitrogen and oxygen atoms in total. The Bertz CT molecular complexity index is 1070. The number of benzene rings is 1. The average molecular weight is 432 g/mol. The van der Waals surface area contributed by atoms with Crippen LogP contribution in [0.4, 0.5) is 16.2 Å². The largest absolute Gasteiger partial charge is 0.376 e. The number of anilines is 2. The first kappa shape index (κ1) is 19.4. The van der Waals surface area contributed by atoms with E-state index >= 15 is 0 Å². The molecular weight excluding hydrogens is 406 g/mol. The third kappa shape index (κ3) is 3.43. The van der Waals surface area contributed by atoms with Crippen LogP contribution in [0.3, 0.4) is 0 Å². The van der Waals surface area contributed by atoms with Gasteiger partial charge in [0, 0.05) is 25.5 Å². The van der Waals surface area contributed by atoms with Gasteiger partial charge in [-0.05, 0) is 60.8 Å². The van der Waals surface area contributed by atoms with E-state index < -0.39 is 16.2 Å². The van der Waals surface area contributed by atoms with Gasteiger partial charge in [0.2, 0.25) is 0 Å². The zero-order valence-electron chi connectivity index (χ0n) is 16.8. The number of nitrogens with one attached hydrogen (secondary N) is 2. The van der Waals surface area contributed by atoms with Crippen LogP contribution < -0.4 is 14.3 Å². The van der Waals surface area contributed by atoms with Crippen LogP contribution in [-0.2, 0) is 47.7 Å². The molecule has 3 aliphatic rings. The summed E-state index contributed by atoms with van der Waals surface area (Å²) in [5.74, 6) is 0. The number of carbonyl (C=O) groups excluding carboxylic acids is 1. The Morgan fingerprint density at radius 3 is 2.53 bits per heavy atom. The predicted molar refractivity (Wildman–Crippen MR) is 112 cm³/mol. The van der Waals surface area contributed by atoms with Crippen molar-refractivity contribution < 1.29 is 17.9 Å². The summed E-state index contributed by atoms with van der Waals surface area (Å²) in [5, 5.41) is 6.89. The topological polar surface area (TPSA) is 106 Å². The first-order chi connectivity index (χ1) is 14.4. The van der Waals surface area contributed by atoms with E-state index in [1.807, 2.05) is 0 Å². The van der Waals surface area contributed by atoms with Gasteiger partial charge in [0.25, 0.3) is 0 Å². The maximum atomic E-state index is 13.1. The third-order valence-corrected chi connectivity index (χ3v) is 7.52. The number of aryl methyl sites for hydroxylation is 3. The van der Waals surface area contributed by atoms with Gasteiger partial charge in [-0.2, -0.15) is 13.5 Å². The molecule has 0 bridgehead atoms. The summed E-state index contributed by atoms with van der Waals surface area (Å²) in [7, 11) is -2.43. The van der Waals surface area contributed by atoms with Gasteiger partial charge in [-0.1, -0.05) is 6.07 Å². The summed E-state index contributed by atoms with van der Waals surface area (Å²) in [6.45, 7) is 0.744. The molecule has 1 aromatic carbocycles. The van der Waals surface area contributed by atoms with Crippen LogP contribution in [-0.4, -0.2) is 43.5 Å². The fraction of sp³-hybridized carbons (Fsp3) is 0.500. The lowest BCUT2D eigenvalue weighted by Gasteiger charge is -2.32. The van der Waals surface area contributed by atoms with E-state index in [-0.39, 0.29) is 12.6 Å². The Hall–Kier alpha value is -2.59. The van der Waals surface area contributed by atoms with E-state index in [0.29, 0.717) is 12.3 Å². The zero-order valence-corrected chi connectivity index (χ0v) is 17.7. The zero-order chi connectivity index (χ0) is 20.9. The number of rotatable bonds is 6. The molecule has 2 aromatic rings. The minimum Gasteiger partial charge on any atom is -0.376 e. The quantitative estimate of drug-likeness (QED) is 0.724. The Labute approximate surface area is 175 Å². The fourth-order valence-electron chi connectivity index (χ4n) is 4.39. The van der Waals surface area contributed by atoms with Crippen LogP contribution in [0.1, 0.15) is 35.1 Å². The maximum Gasteiger partial charge on any atom is 0.334 e. The SMILES string of the molecule is Cn1cc(N(CC2CCCO2)S(=O)(=O)NC(=O)Nc2c3c(cc4c2CC4)CC3)cn1. The molecule has 2 aliphatic carbocycles. The lowest BCUT2D eigenvalue weighted by Crippen LogP contribution is -2.48. The fourth-order valence-corrected chi connectivity index (χ4v) is 5.52. The van der Waals surface area contributed by atoms with Crippen LogP contribution in [0.2, 0.25) is 0 Å². The molecule has 1 saturated heterocycles. The molecule has 1 aromatic heterocycles. The molecule has 30 heavy (non-hydrogen) atoms. The molecule has 1 atom stereocenters. The van der Waals surface area contributed by atoms with Crippen molar-refractivity contribution in [2.24, 2.45) is 7.05 Å². The molecule has 0 saturated carbocycles. The van der Waals surface area contributed by atoms with Gasteiger partial charge >= 0.3 is 16.2 Å². The number of fused-ring (bicyclic) bond motifs is 2. The van der Waals surface area contributed by atoms with Crippen molar-refractivity contribution in [3.8, 4) is 0 Å². The van der Waals surface area contributed by atoms with E-state index in [1.54, 1.807) is 13.2 Å². The molecule has 0 spiro atoms. The van der Waals surface area contributed by atoms with Crippen molar-refractivity contribution in [1.82, 2.24) is 14.5 Å². The Kier molecular flexibility index (Phi) is 4.70. The second-order valence-electron chi connectivity index (χ2n) is 8.13. The van der Waals surface area contributed by atoms with Crippen molar-refractivity contribution in [2.45, 2.75) is 44.6 Å². The number of nitrogens with zero attached hydrogens (tertiary/aromatic N) is 3. The number of aromatic nitrogens is 2. The van der Waals surface area contributed by atoms with Crippen LogP contribution in [0, 0.1) is 0 Å². The molecule has 2 heterocycles. The van der Waals surface area contributed by atoms with Crippen LogP contribution >= 0.6 is 0 Å². The van der Waals surface area contributed by atoms with Gasteiger partial charge < -0.3 is 10.1 Å². The molecule has 10 heteroatoms. The predicted octanol–water partition coefficient (Wildman–Crippen LogP) is 1.67. The molecule has 5 rings (SSSR count). The second kappa shape index (κ2) is 7.28. The van der Waals surface area contributed by atoms with Crippen molar-refractivity contribution in [3.05, 3.63) is 40.7 Å². The minimum atomic E-state index is -4.14. The van der Waals surface area contributed by atoms with Gasteiger partial charge in [0.05, 0.1) is 24.5 Å². The molecule has 0 radical (unpaired) electrons. The van der Waals surface area contributed by atoms with Crippen molar-refractivity contribution in [1.29, 1.82) is 0 Å². The van der Waals surface area contributed by atoms with Crippen LogP contribution in [0.5, 0.6) is 0 Å². The highest BCUT2D eigenvalue weighted by Crippen LogP contribution is 2.40. The van der Waals surface area contributed by atoms with Crippen molar-refractivity contribution >= 4 is 27.6 Å². The first-order valence-corrected chi connectivity index (χ1v) is 11.7. The molecule has 2 N–H and O–H groups in total. The summed E-state index contributed by atoms with van der Waals surface area (Å²) in [5.41, 5.74) is 5.94. The molecule has 1 fully saturated rings. The van der Waals surface area contributed by atoms with Crippen LogP contribution in [0.25, 0.3) is 0 Å². The first-order valence-electron chi connectivity index (χ1n) is 10.3. The van der Waals surface area contributed by atoms with E-state index in [2.05, 4.69) is 21.2 Å². The number of hydrogen-bond donors (Lipinski definition) is 2. The Balaban J connectivity index is 1.36. The summed E-state index contributed by atoms with van der Waals surface area (Å²) in [4.78, 5) is 12.7. The molecule has 160 valence electrons. The smallest absolute Gasteiger partial charge is 0.334 e. The summed E-state index contributed by atoms with van der Waals surface area (Å²) in [6.07, 6.45) is 8.37. The van der Waals surface area contributed by atoms with Gasteiger partial charge in [-0.15, -0.1) is 0 Å². The number of ether oxygens (including phenoxy) is 1. The molecule has 2 amide bonds. The van der Waals surface area contributed by atoms with Gasteiger partial charge in [0.15, 0.2) is 0 Å². The van der Waals surface area contributed by atoms with Gasteiger partial charge in [-0.25, -0.2) is 13.8 Å². The third-order valence-electron chi connectivity index (χ3n) is 6.14. The standard InChI is InChI=1S/C20H25N5O4S/c1-24-11-15(10-21-24)25(12-16-3-2-8-29-16)30(27,28)23-20(26)22-19-17-6-4-13(17)9-14-5-7-18(14)19/h9-11,16H,2-8,12H2,1H3,(H2,22,23,26). The molecule has 1 aliphatic heterocycles. The number of hydrogen-bond acceptors (Lipinski definition) is 5. The highest BCUT2D eigenvalue weighted by molar-refractivity contribution is 7.91. The van der Waals surface area contributed by atoms with Gasteiger partial charge in [-0.3, -0.25) is 4.68 Å². The van der Waals surface area contributed by atoms with E-state index in [0.717, 1.165) is 59.6 Å². The molecular formula is C20H25N5O4S. The normalized spacial score (nSPS) is 19.3. The Morgan fingerprint density at radius 1 is 1.27 bits per heavy atom. The van der Waals surface area contributed by atoms with E-state index in [9.17, 15) is 13.2 Å². The highest BCUT2D eigenvalue weighted by atomic mass is 32.2. The van der Waals surface area contributed by atoms with Crippen molar-refractivity contribution in [3.63, 3.8) is 0 Å². The monoisotopic (exact) mass is 431 g/mol. The summed E-state index contributed by atoms with van der Waals surface area (Å²) < 4.78 is 36.7. The average Bonchev–Trinajstić information content (AvgIpc) is 3.27. The van der Waals surface area contributed by atoms with Crippen LogP contribution in [0.15, 0.2) is 18.5 Å². The lowest BCUT2D eigenvalue weighted by molar-refractivity contribution is 0.118. The molecule has 1 unspecified atom stereocenters.